The summed E-state index contributed by atoms with van der Waals surface area (Å²) in [4.78, 5) is 37.1. The van der Waals surface area contributed by atoms with Crippen LogP contribution in [0.15, 0.2) is 49.1 Å². The number of aldehydes is 2. The van der Waals surface area contributed by atoms with Gasteiger partial charge in [-0.2, -0.15) is 10.5 Å². The summed E-state index contributed by atoms with van der Waals surface area (Å²) < 4.78 is 0. The number of carbonyl (C=O) groups excluding carboxylic acids is 2. The molecule has 10 nitrogen and oxygen atoms in total. The number of anilines is 3. The van der Waals surface area contributed by atoms with Crippen LogP contribution >= 0.6 is 34.3 Å². The number of nitrogens with one attached hydrogen (secondary N) is 1. The van der Waals surface area contributed by atoms with Crippen LogP contribution in [0.5, 0.6) is 0 Å². The summed E-state index contributed by atoms with van der Waals surface area (Å²) in [5, 5.41) is 21.1. The molecule has 164 valence electrons. The van der Waals surface area contributed by atoms with Gasteiger partial charge in [0.25, 0.3) is 0 Å². The van der Waals surface area contributed by atoms with Crippen molar-refractivity contribution < 1.29 is 9.59 Å². The number of nitrogens with two attached hydrogens (primary N) is 1. The minimum Gasteiger partial charge on any atom is -0.375 e. The summed E-state index contributed by atoms with van der Waals surface area (Å²) in [6.45, 7) is 0. The number of aromatic nitrogens is 4. The van der Waals surface area contributed by atoms with Gasteiger partial charge in [0.1, 0.15) is 45.4 Å². The summed E-state index contributed by atoms with van der Waals surface area (Å²) in [5.41, 5.74) is 6.30. The molecule has 0 amide bonds. The van der Waals surface area contributed by atoms with Crippen LogP contribution in [-0.4, -0.2) is 32.5 Å². The van der Waals surface area contributed by atoms with E-state index >= 15 is 0 Å². The number of nitriles is 2. The molecule has 0 spiro atoms. The lowest BCUT2D eigenvalue weighted by molar-refractivity contribution is 0.111. The van der Waals surface area contributed by atoms with Crippen LogP contribution in [0.25, 0.3) is 0 Å². The van der Waals surface area contributed by atoms with Gasteiger partial charge in [-0.3, -0.25) is 9.59 Å². The molecule has 4 aromatic heterocycles. The molecule has 0 unspecified atom stereocenters. The molecule has 13 heteroatoms. The molecule has 4 heterocycles. The van der Waals surface area contributed by atoms with Crippen molar-refractivity contribution in [2.75, 3.05) is 11.1 Å². The van der Waals surface area contributed by atoms with Crippen molar-refractivity contribution in [3.63, 3.8) is 0 Å². The van der Waals surface area contributed by atoms with E-state index in [1.165, 1.54) is 53.5 Å². The molecule has 33 heavy (non-hydrogen) atoms. The Morgan fingerprint density at radius 2 is 1.52 bits per heavy atom. The first kappa shape index (κ1) is 25.0. The van der Waals surface area contributed by atoms with Crippen molar-refractivity contribution in [2.45, 2.75) is 0 Å². The van der Waals surface area contributed by atoms with Crippen molar-refractivity contribution >= 4 is 62.9 Å². The lowest BCUT2D eigenvalue weighted by Gasteiger charge is -2.00. The zero-order chi connectivity index (χ0) is 24.1. The van der Waals surface area contributed by atoms with E-state index in [9.17, 15) is 9.59 Å². The molecule has 0 bridgehead atoms. The Kier molecular flexibility index (Phi) is 10.0. The molecule has 4 aromatic rings. The van der Waals surface area contributed by atoms with Crippen LogP contribution in [0.3, 0.4) is 0 Å². The topological polar surface area (TPSA) is 171 Å². The minimum atomic E-state index is 0.347. The van der Waals surface area contributed by atoms with Gasteiger partial charge in [-0.25, -0.2) is 19.9 Å². The van der Waals surface area contributed by atoms with Gasteiger partial charge in [0.05, 0.1) is 12.4 Å². The zero-order valence-corrected chi connectivity index (χ0v) is 18.9. The number of nitrogens with zero attached hydrogens (tertiary/aromatic N) is 6. The maximum Gasteiger partial charge on any atom is 0.189 e. The fourth-order valence-corrected chi connectivity index (χ4v) is 3.20. The van der Waals surface area contributed by atoms with Crippen molar-refractivity contribution in [1.29, 1.82) is 10.5 Å². The maximum absolute atomic E-state index is 10.5. The Bertz CT molecular complexity index is 1310. The third kappa shape index (κ3) is 8.80. The summed E-state index contributed by atoms with van der Waals surface area (Å²) in [7, 11) is 0. The quantitative estimate of drug-likeness (QED) is 0.309. The van der Waals surface area contributed by atoms with E-state index in [4.69, 9.17) is 27.9 Å². The van der Waals surface area contributed by atoms with Crippen LogP contribution in [0.1, 0.15) is 30.5 Å². The third-order valence-electron chi connectivity index (χ3n) is 3.29. The van der Waals surface area contributed by atoms with E-state index in [1.54, 1.807) is 18.2 Å². The second-order valence-electron chi connectivity index (χ2n) is 5.56. The highest BCUT2D eigenvalue weighted by Gasteiger charge is 2.02. The molecule has 0 aliphatic carbocycles. The van der Waals surface area contributed by atoms with Crippen LogP contribution in [0.4, 0.5) is 16.1 Å². The van der Waals surface area contributed by atoms with Gasteiger partial charge in [0, 0.05) is 23.5 Å². The standard InChI is InChI=1S/C10H6N4OS.C6H4ClNO.C4H3N3S/c11-4-8-5-13-10(16-8)14-9-3-7(6-15)1-2-12-9;7-6-3-5(4-9)1-2-8-6;5-1-3-2-7-4(6)8-3/h1-3,5-6H,(H,12,13,14);1-4H;2H,(H2,6,7). The highest BCUT2D eigenvalue weighted by Crippen LogP contribution is 2.20. The number of halogens is 1. The molecular weight excluding hydrogens is 484 g/mol. The number of rotatable bonds is 4. The van der Waals surface area contributed by atoms with E-state index in [0.717, 1.165) is 12.6 Å². The lowest BCUT2D eigenvalue weighted by Crippen LogP contribution is -1.93. The molecule has 0 aliphatic heterocycles. The first-order valence-electron chi connectivity index (χ1n) is 8.69. The lowest BCUT2D eigenvalue weighted by atomic mass is 10.3. The van der Waals surface area contributed by atoms with Gasteiger partial charge in [-0.1, -0.05) is 34.3 Å². The van der Waals surface area contributed by atoms with Crippen LogP contribution < -0.4 is 11.1 Å². The molecule has 0 saturated heterocycles. The maximum atomic E-state index is 10.5. The minimum absolute atomic E-state index is 0.347. The summed E-state index contributed by atoms with van der Waals surface area (Å²) in [6, 6.07) is 10.2. The Balaban J connectivity index is 0.000000192. The first-order chi connectivity index (χ1) is 16.0. The molecular formula is C20H13ClN8O2S2. The highest BCUT2D eigenvalue weighted by atomic mass is 35.5. The van der Waals surface area contributed by atoms with E-state index < -0.39 is 0 Å². The molecule has 0 radical (unpaired) electrons. The molecule has 0 aromatic carbocycles. The monoisotopic (exact) mass is 496 g/mol. The largest absolute Gasteiger partial charge is 0.375 e. The molecule has 3 N–H and O–H groups in total. The smallest absolute Gasteiger partial charge is 0.189 e. The Labute approximate surface area is 201 Å². The first-order valence-corrected chi connectivity index (χ1v) is 10.7. The predicted octanol–water partition coefficient (Wildman–Crippen LogP) is 4.11. The van der Waals surface area contributed by atoms with E-state index in [0.29, 0.717) is 42.1 Å². The highest BCUT2D eigenvalue weighted by molar-refractivity contribution is 7.16. The van der Waals surface area contributed by atoms with Gasteiger partial charge >= 0.3 is 0 Å². The summed E-state index contributed by atoms with van der Waals surface area (Å²) in [5.74, 6) is 0.531. The molecule has 0 fully saturated rings. The fourth-order valence-electron chi connectivity index (χ4n) is 1.91. The van der Waals surface area contributed by atoms with Gasteiger partial charge in [0.15, 0.2) is 10.3 Å². The number of hydrogen-bond acceptors (Lipinski definition) is 12. The van der Waals surface area contributed by atoms with Crippen molar-refractivity contribution in [3.05, 3.63) is 75.1 Å². The third-order valence-corrected chi connectivity index (χ3v) is 5.05. The Morgan fingerprint density at radius 1 is 0.909 bits per heavy atom. The van der Waals surface area contributed by atoms with Gasteiger partial charge < -0.3 is 11.1 Å². The Hall–Kier alpha value is -4.23. The van der Waals surface area contributed by atoms with Gasteiger partial charge in [-0.05, 0) is 24.3 Å². The second kappa shape index (κ2) is 13.2. The normalized spacial score (nSPS) is 9.06. The number of thiazole rings is 2. The molecule has 4 rings (SSSR count). The predicted molar refractivity (Wildman–Crippen MR) is 126 cm³/mol. The van der Waals surface area contributed by atoms with E-state index in [1.807, 2.05) is 12.1 Å². The number of nitrogen functional groups attached to an aromatic ring is 1. The fraction of sp³-hybridized carbons (Fsp3) is 0. The van der Waals surface area contributed by atoms with Gasteiger partial charge in [-0.15, -0.1) is 0 Å². The summed E-state index contributed by atoms with van der Waals surface area (Å²) in [6.07, 6.45) is 7.44. The van der Waals surface area contributed by atoms with Crippen molar-refractivity contribution in [2.24, 2.45) is 0 Å². The second-order valence-corrected chi connectivity index (χ2v) is 8.04. The average molecular weight is 497 g/mol. The molecule has 0 aliphatic rings. The Morgan fingerprint density at radius 3 is 2.00 bits per heavy atom. The zero-order valence-electron chi connectivity index (χ0n) is 16.5. The number of hydrogen-bond donors (Lipinski definition) is 2. The van der Waals surface area contributed by atoms with E-state index in [-0.39, 0.29) is 0 Å². The van der Waals surface area contributed by atoms with E-state index in [2.05, 4.69) is 25.3 Å². The average Bonchev–Trinajstić information content (AvgIpc) is 3.48. The van der Waals surface area contributed by atoms with Crippen LogP contribution in [0, 0.1) is 22.7 Å². The SMILES string of the molecule is N#Cc1cnc(N)s1.N#Cc1cnc(Nc2cc(C=O)ccn2)s1.O=Cc1ccnc(Cl)c1. The number of pyridine rings is 2. The van der Waals surface area contributed by atoms with Crippen molar-refractivity contribution in [1.82, 2.24) is 19.9 Å². The van der Waals surface area contributed by atoms with Crippen LogP contribution in [0.2, 0.25) is 5.15 Å². The summed E-state index contributed by atoms with van der Waals surface area (Å²) >= 11 is 7.88. The number of carbonyl (C=O) groups is 2. The van der Waals surface area contributed by atoms with Crippen LogP contribution in [-0.2, 0) is 0 Å². The van der Waals surface area contributed by atoms with Crippen molar-refractivity contribution in [3.8, 4) is 12.1 Å². The molecule has 0 atom stereocenters. The molecule has 0 saturated carbocycles. The van der Waals surface area contributed by atoms with Gasteiger partial charge in [0.2, 0.25) is 0 Å².